The Kier molecular flexibility index (Phi) is 7.35. The molecule has 1 aromatic heterocycles. The Morgan fingerprint density at radius 2 is 2.04 bits per heavy atom. The van der Waals surface area contributed by atoms with Crippen LogP contribution in [-0.2, 0) is 4.79 Å². The number of hydrogen-bond acceptors (Lipinski definition) is 6. The molecule has 150 valence electrons. The molecule has 1 unspecified atom stereocenters. The van der Waals surface area contributed by atoms with Gasteiger partial charge >= 0.3 is 5.88 Å². The quantitative estimate of drug-likeness (QED) is 0.490. The Morgan fingerprint density at radius 1 is 1.37 bits per heavy atom. The van der Waals surface area contributed by atoms with E-state index in [9.17, 15) is 19.7 Å². The molecule has 2 heterocycles. The third kappa shape index (κ3) is 5.53. The highest BCUT2D eigenvalue weighted by Gasteiger charge is 2.37. The van der Waals surface area contributed by atoms with Crippen LogP contribution < -0.4 is 5.32 Å². The van der Waals surface area contributed by atoms with Gasteiger partial charge in [0.15, 0.2) is 5.76 Å². The topological polar surface area (TPSA) is 109 Å². The summed E-state index contributed by atoms with van der Waals surface area (Å²) >= 11 is 0. The van der Waals surface area contributed by atoms with Crippen LogP contribution in [-0.4, -0.2) is 65.3 Å². The van der Waals surface area contributed by atoms with Crippen molar-refractivity contribution in [3.05, 3.63) is 28.0 Å². The van der Waals surface area contributed by atoms with E-state index < -0.39 is 16.7 Å². The zero-order valence-corrected chi connectivity index (χ0v) is 16.1. The zero-order chi connectivity index (χ0) is 20.0. The summed E-state index contributed by atoms with van der Waals surface area (Å²) in [7, 11) is 0. The van der Waals surface area contributed by atoms with Crippen LogP contribution in [0.15, 0.2) is 16.5 Å². The number of rotatable bonds is 10. The number of nitrogens with zero attached hydrogens (tertiary/aromatic N) is 3. The first-order valence-electron chi connectivity index (χ1n) is 9.41. The van der Waals surface area contributed by atoms with Crippen LogP contribution >= 0.6 is 0 Å². The van der Waals surface area contributed by atoms with Crippen molar-refractivity contribution < 1.29 is 18.9 Å². The van der Waals surface area contributed by atoms with Gasteiger partial charge < -0.3 is 19.5 Å². The highest BCUT2D eigenvalue weighted by atomic mass is 16.6. The molecule has 0 aromatic carbocycles. The molecule has 9 heteroatoms. The predicted octanol–water partition coefficient (Wildman–Crippen LogP) is 1.89. The molecule has 0 bridgehead atoms. The standard InChI is InChI=1S/C18H28N4O5/c1-4-20(5-2)10-6-7-13(3)19-17(23)14-11-21(12-14)18(24)15-8-9-16(27-15)22(25)26/h8-9,13-14H,4-7,10-12H2,1-3H3,(H,19,23). The Balaban J connectivity index is 1.70. The number of hydrogen-bond donors (Lipinski definition) is 1. The van der Waals surface area contributed by atoms with Gasteiger partial charge in [-0.3, -0.25) is 19.7 Å². The van der Waals surface area contributed by atoms with E-state index in [1.54, 1.807) is 0 Å². The maximum Gasteiger partial charge on any atom is 0.433 e. The lowest BCUT2D eigenvalue weighted by Crippen LogP contribution is -2.56. The summed E-state index contributed by atoms with van der Waals surface area (Å²) in [5.41, 5.74) is 0. The fourth-order valence-corrected chi connectivity index (χ4v) is 3.10. The van der Waals surface area contributed by atoms with Gasteiger partial charge in [0.05, 0.1) is 12.0 Å². The van der Waals surface area contributed by atoms with E-state index in [1.165, 1.54) is 11.0 Å². The van der Waals surface area contributed by atoms with Crippen molar-refractivity contribution in [3.63, 3.8) is 0 Å². The summed E-state index contributed by atoms with van der Waals surface area (Å²) in [6.45, 7) is 9.94. The maximum atomic E-state index is 12.3. The molecule has 2 amide bonds. The largest absolute Gasteiger partial charge is 0.433 e. The van der Waals surface area contributed by atoms with Gasteiger partial charge in [-0.25, -0.2) is 0 Å². The minimum atomic E-state index is -0.690. The Morgan fingerprint density at radius 3 is 2.59 bits per heavy atom. The molecule has 1 aliphatic rings. The highest BCUT2D eigenvalue weighted by Crippen LogP contribution is 2.22. The molecule has 1 atom stereocenters. The van der Waals surface area contributed by atoms with Gasteiger partial charge in [-0.15, -0.1) is 0 Å². The molecule has 9 nitrogen and oxygen atoms in total. The van der Waals surface area contributed by atoms with Gasteiger partial charge in [-0.05, 0) is 45.5 Å². The van der Waals surface area contributed by atoms with E-state index in [1.807, 2.05) is 6.92 Å². The number of carbonyl (C=O) groups is 2. The average molecular weight is 380 g/mol. The number of likely N-dealkylation sites (tertiary alicyclic amines) is 1. The number of nitrogens with one attached hydrogen (secondary N) is 1. The smallest absolute Gasteiger partial charge is 0.395 e. The van der Waals surface area contributed by atoms with Crippen LogP contribution in [0.25, 0.3) is 0 Å². The van der Waals surface area contributed by atoms with Crippen molar-refractivity contribution in [2.24, 2.45) is 5.92 Å². The maximum absolute atomic E-state index is 12.3. The summed E-state index contributed by atoms with van der Waals surface area (Å²) in [6.07, 6.45) is 1.93. The molecule has 0 saturated carbocycles. The lowest BCUT2D eigenvalue weighted by Gasteiger charge is -2.38. The molecule has 2 rings (SSSR count). The fraction of sp³-hybridized carbons (Fsp3) is 0.667. The van der Waals surface area contributed by atoms with Crippen molar-refractivity contribution in [2.45, 2.75) is 39.7 Å². The summed E-state index contributed by atoms with van der Waals surface area (Å²) < 4.78 is 4.91. The van der Waals surface area contributed by atoms with Crippen LogP contribution in [0.4, 0.5) is 5.88 Å². The number of carbonyl (C=O) groups excluding carboxylic acids is 2. The van der Waals surface area contributed by atoms with E-state index >= 15 is 0 Å². The van der Waals surface area contributed by atoms with Gasteiger partial charge in [0.25, 0.3) is 5.91 Å². The molecule has 0 spiro atoms. The summed E-state index contributed by atoms with van der Waals surface area (Å²) in [5, 5.41) is 13.6. The molecule has 27 heavy (non-hydrogen) atoms. The number of nitro groups is 1. The van der Waals surface area contributed by atoms with Crippen molar-refractivity contribution in [1.82, 2.24) is 15.1 Å². The number of furan rings is 1. The molecule has 1 saturated heterocycles. The summed E-state index contributed by atoms with van der Waals surface area (Å²) in [5.74, 6) is -1.28. The SMILES string of the molecule is CCN(CC)CCCC(C)NC(=O)C1CN(C(=O)c2ccc([N+](=O)[O-])o2)C1. The summed E-state index contributed by atoms with van der Waals surface area (Å²) in [4.78, 5) is 38.2. The predicted molar refractivity (Wildman–Crippen MR) is 99.4 cm³/mol. The third-order valence-corrected chi connectivity index (χ3v) is 4.92. The van der Waals surface area contributed by atoms with Gasteiger partial charge in [-0.2, -0.15) is 0 Å². The molecule has 1 aliphatic heterocycles. The lowest BCUT2D eigenvalue weighted by atomic mass is 9.98. The van der Waals surface area contributed by atoms with Gasteiger partial charge in [-0.1, -0.05) is 13.8 Å². The normalized spacial score (nSPS) is 15.5. The minimum Gasteiger partial charge on any atom is -0.395 e. The molecule has 0 aliphatic carbocycles. The van der Waals surface area contributed by atoms with Gasteiger partial charge in [0, 0.05) is 19.1 Å². The Hall–Kier alpha value is -2.42. The van der Waals surface area contributed by atoms with Crippen LogP contribution in [0.1, 0.15) is 44.2 Å². The van der Waals surface area contributed by atoms with Crippen LogP contribution in [0, 0.1) is 16.0 Å². The van der Waals surface area contributed by atoms with Crippen molar-refractivity contribution in [1.29, 1.82) is 0 Å². The first-order chi connectivity index (χ1) is 12.8. The highest BCUT2D eigenvalue weighted by molar-refractivity contribution is 5.94. The number of amides is 2. The molecular weight excluding hydrogens is 352 g/mol. The molecule has 1 N–H and O–H groups in total. The fourth-order valence-electron chi connectivity index (χ4n) is 3.10. The van der Waals surface area contributed by atoms with Crippen LogP contribution in [0.2, 0.25) is 0 Å². The van der Waals surface area contributed by atoms with E-state index in [0.717, 1.165) is 38.5 Å². The second kappa shape index (κ2) is 9.50. The zero-order valence-electron chi connectivity index (χ0n) is 16.1. The molecular formula is C18H28N4O5. The monoisotopic (exact) mass is 380 g/mol. The van der Waals surface area contributed by atoms with Crippen molar-refractivity contribution in [3.8, 4) is 0 Å². The van der Waals surface area contributed by atoms with Crippen molar-refractivity contribution in [2.75, 3.05) is 32.7 Å². The van der Waals surface area contributed by atoms with Gasteiger partial charge in [0.2, 0.25) is 5.91 Å². The minimum absolute atomic E-state index is 0.0557. The van der Waals surface area contributed by atoms with E-state index in [4.69, 9.17) is 4.42 Å². The van der Waals surface area contributed by atoms with E-state index in [0.29, 0.717) is 13.1 Å². The second-order valence-corrected chi connectivity index (χ2v) is 6.88. The lowest BCUT2D eigenvalue weighted by molar-refractivity contribution is -0.402. The first-order valence-corrected chi connectivity index (χ1v) is 9.41. The Labute approximate surface area is 158 Å². The van der Waals surface area contributed by atoms with E-state index in [2.05, 4.69) is 24.1 Å². The second-order valence-electron chi connectivity index (χ2n) is 6.88. The Bertz CT molecular complexity index is 664. The summed E-state index contributed by atoms with van der Waals surface area (Å²) in [6, 6.07) is 2.52. The van der Waals surface area contributed by atoms with E-state index in [-0.39, 0.29) is 23.6 Å². The third-order valence-electron chi connectivity index (χ3n) is 4.92. The van der Waals surface area contributed by atoms with Crippen LogP contribution in [0.3, 0.4) is 0 Å². The van der Waals surface area contributed by atoms with Crippen molar-refractivity contribution >= 4 is 17.7 Å². The van der Waals surface area contributed by atoms with Gasteiger partial charge in [0.1, 0.15) is 4.92 Å². The molecule has 1 fully saturated rings. The average Bonchev–Trinajstić information content (AvgIpc) is 3.07. The first kappa shape index (κ1) is 20.9. The molecule has 1 aromatic rings. The molecule has 0 radical (unpaired) electrons. The van der Waals surface area contributed by atoms with Crippen LogP contribution in [0.5, 0.6) is 0 Å².